The van der Waals surface area contributed by atoms with Crippen molar-refractivity contribution in [2.75, 3.05) is 13.7 Å². The van der Waals surface area contributed by atoms with Crippen molar-refractivity contribution < 1.29 is 34.4 Å². The van der Waals surface area contributed by atoms with Crippen LogP contribution in [0.15, 0.2) is 64.9 Å². The molecule has 3 heterocycles. The second-order valence-corrected chi connectivity index (χ2v) is 9.34. The predicted octanol–water partition coefficient (Wildman–Crippen LogP) is 4.37. The summed E-state index contributed by atoms with van der Waals surface area (Å²) in [6.45, 7) is 3.69. The van der Waals surface area contributed by atoms with Gasteiger partial charge in [0.1, 0.15) is 11.5 Å². The summed E-state index contributed by atoms with van der Waals surface area (Å²) in [5.74, 6) is -2.94. The number of ketones is 1. The van der Waals surface area contributed by atoms with Gasteiger partial charge in [-0.25, -0.2) is 9.59 Å². The summed E-state index contributed by atoms with van der Waals surface area (Å²) in [5.41, 5.74) is -0.0722. The third-order valence-electron chi connectivity index (χ3n) is 7.63. The van der Waals surface area contributed by atoms with Crippen molar-refractivity contribution in [1.29, 1.82) is 0 Å². The quantitative estimate of drug-likeness (QED) is 0.339. The van der Waals surface area contributed by atoms with Gasteiger partial charge >= 0.3 is 11.9 Å². The molecule has 2 aromatic carbocycles. The number of aliphatic carboxylic acids is 2. The third-order valence-corrected chi connectivity index (χ3v) is 7.63. The number of phenols is 1. The molecule has 0 saturated heterocycles. The van der Waals surface area contributed by atoms with E-state index >= 15 is 0 Å². The number of benzene rings is 2. The number of ether oxygens (including phenoxy) is 1. The molecule has 1 atom stereocenters. The van der Waals surface area contributed by atoms with Gasteiger partial charge in [0.2, 0.25) is 5.54 Å². The number of nitrogens with one attached hydrogen (secondary N) is 1. The molecular formula is C29H28N2O7. The average Bonchev–Trinajstić information content (AvgIpc) is 3.29. The summed E-state index contributed by atoms with van der Waals surface area (Å²) >= 11 is 0. The molecule has 0 bridgehead atoms. The number of H-pyrrole nitrogens is 1. The molecule has 3 aromatic rings. The largest absolute Gasteiger partial charge is 0.507 e. The van der Waals surface area contributed by atoms with E-state index in [1.807, 2.05) is 13.0 Å². The Bertz CT molecular complexity index is 1580. The number of hydrogen-bond donors (Lipinski definition) is 4. The zero-order valence-electron chi connectivity index (χ0n) is 21.3. The summed E-state index contributed by atoms with van der Waals surface area (Å²) in [6.07, 6.45) is 0.809. The van der Waals surface area contributed by atoms with Crippen LogP contribution in [-0.4, -0.2) is 56.6 Å². The van der Waals surface area contributed by atoms with Gasteiger partial charge < -0.3 is 29.9 Å². The van der Waals surface area contributed by atoms with E-state index in [-0.39, 0.29) is 53.1 Å². The molecule has 0 spiro atoms. The molecule has 2 aliphatic rings. The number of Topliss-reactive ketones (excluding diaryl/α,β-unsaturated/α-hetero) is 1. The Balaban J connectivity index is 1.88. The Kier molecular flexibility index (Phi) is 6.01. The summed E-state index contributed by atoms with van der Waals surface area (Å²) in [4.78, 5) is 45.1. The van der Waals surface area contributed by atoms with Crippen molar-refractivity contribution in [1.82, 2.24) is 9.88 Å². The molecule has 0 aliphatic carbocycles. The van der Waals surface area contributed by atoms with E-state index < -0.39 is 23.3 Å². The highest BCUT2D eigenvalue weighted by Gasteiger charge is 2.60. The molecule has 0 radical (unpaired) electrons. The minimum atomic E-state index is -2.08. The first-order valence-electron chi connectivity index (χ1n) is 12.4. The van der Waals surface area contributed by atoms with Crippen LogP contribution in [0.3, 0.4) is 0 Å². The van der Waals surface area contributed by atoms with Gasteiger partial charge in [-0.05, 0) is 60.7 Å². The third kappa shape index (κ3) is 3.27. The number of carboxylic acids is 2. The smallest absolute Gasteiger partial charge is 0.340 e. The number of aromatic nitrogens is 1. The Hall–Kier alpha value is -4.53. The number of carbonyl (C=O) groups excluding carboxylic acids is 1. The van der Waals surface area contributed by atoms with Gasteiger partial charge in [0.25, 0.3) is 0 Å². The number of aromatic amines is 1. The predicted molar refractivity (Wildman–Crippen MR) is 139 cm³/mol. The van der Waals surface area contributed by atoms with Crippen LogP contribution in [-0.2, 0) is 21.5 Å². The Morgan fingerprint density at radius 3 is 2.42 bits per heavy atom. The SMILES string of the molecule is CCC1=C(C(=O)O)C2(C(=O)O)c3[nH]c4ccc(OC)cc4c3CCN2C(CC)=C1C(=O)c1ccccc1O. The van der Waals surface area contributed by atoms with E-state index in [1.165, 1.54) is 12.1 Å². The van der Waals surface area contributed by atoms with E-state index in [0.717, 1.165) is 5.39 Å². The van der Waals surface area contributed by atoms with Crippen molar-refractivity contribution in [2.24, 2.45) is 0 Å². The molecule has 196 valence electrons. The van der Waals surface area contributed by atoms with Crippen LogP contribution in [0.25, 0.3) is 10.9 Å². The topological polar surface area (TPSA) is 140 Å². The normalized spacial score (nSPS) is 18.9. The fourth-order valence-corrected chi connectivity index (χ4v) is 6.10. The van der Waals surface area contributed by atoms with Crippen LogP contribution in [0.1, 0.15) is 48.3 Å². The molecular weight excluding hydrogens is 488 g/mol. The lowest BCUT2D eigenvalue weighted by atomic mass is 9.70. The van der Waals surface area contributed by atoms with Crippen LogP contribution in [0.4, 0.5) is 0 Å². The molecule has 0 amide bonds. The summed E-state index contributed by atoms with van der Waals surface area (Å²) in [6, 6.07) is 11.4. The van der Waals surface area contributed by atoms with Crippen LogP contribution < -0.4 is 4.74 Å². The van der Waals surface area contributed by atoms with Gasteiger partial charge in [0, 0.05) is 28.7 Å². The molecule has 9 nitrogen and oxygen atoms in total. The second kappa shape index (κ2) is 9.09. The highest BCUT2D eigenvalue weighted by Crippen LogP contribution is 2.52. The van der Waals surface area contributed by atoms with Crippen LogP contribution in [0.2, 0.25) is 0 Å². The number of nitrogens with zero attached hydrogens (tertiary/aromatic N) is 1. The van der Waals surface area contributed by atoms with E-state index in [0.29, 0.717) is 28.9 Å². The van der Waals surface area contributed by atoms with Crippen LogP contribution in [0.5, 0.6) is 11.5 Å². The number of carboxylic acid groups (broad SMARTS) is 2. The lowest BCUT2D eigenvalue weighted by Crippen LogP contribution is -2.60. The van der Waals surface area contributed by atoms with Crippen LogP contribution >= 0.6 is 0 Å². The van der Waals surface area contributed by atoms with Gasteiger partial charge in [0.05, 0.1) is 23.9 Å². The molecule has 0 saturated carbocycles. The van der Waals surface area contributed by atoms with Crippen molar-refractivity contribution >= 4 is 28.6 Å². The maximum absolute atomic E-state index is 13.9. The zero-order valence-corrected chi connectivity index (χ0v) is 21.3. The standard InChI is InChI=1S/C29H28N2O7/c1-4-16-23(25(33)18-8-6-7-9-22(18)32)21(5-2)31-13-12-17-19-14-15(38-3)10-11-20(19)30-26(17)29(31,28(36)37)24(16)27(34)35/h6-11,14,30,32H,4-5,12-13H2,1-3H3,(H,34,35)(H,36,37). The van der Waals surface area contributed by atoms with E-state index in [9.17, 15) is 29.7 Å². The highest BCUT2D eigenvalue weighted by molar-refractivity contribution is 6.16. The first-order chi connectivity index (χ1) is 18.2. The monoisotopic (exact) mass is 516 g/mol. The second-order valence-electron chi connectivity index (χ2n) is 9.34. The Morgan fingerprint density at radius 1 is 1.08 bits per heavy atom. The van der Waals surface area contributed by atoms with Crippen molar-refractivity contribution in [2.45, 2.75) is 38.6 Å². The molecule has 4 N–H and O–H groups in total. The fraction of sp³-hybridized carbons (Fsp3) is 0.276. The van der Waals surface area contributed by atoms with E-state index in [2.05, 4.69) is 4.98 Å². The maximum atomic E-state index is 13.9. The molecule has 38 heavy (non-hydrogen) atoms. The number of hydrogen-bond acceptors (Lipinski definition) is 6. The number of rotatable bonds is 7. The van der Waals surface area contributed by atoms with Crippen molar-refractivity contribution in [3.8, 4) is 11.5 Å². The zero-order chi connectivity index (χ0) is 27.4. The molecule has 9 heteroatoms. The molecule has 0 fully saturated rings. The van der Waals surface area contributed by atoms with E-state index in [1.54, 1.807) is 43.2 Å². The van der Waals surface area contributed by atoms with Gasteiger partial charge in [-0.3, -0.25) is 4.79 Å². The average molecular weight is 517 g/mol. The molecule has 5 rings (SSSR count). The highest BCUT2D eigenvalue weighted by atomic mass is 16.5. The van der Waals surface area contributed by atoms with Gasteiger partial charge in [0.15, 0.2) is 5.78 Å². The lowest BCUT2D eigenvalue weighted by molar-refractivity contribution is -0.153. The number of allylic oxidation sites excluding steroid dienone is 3. The number of fused-ring (bicyclic) bond motifs is 5. The number of methoxy groups -OCH3 is 1. The molecule has 1 aromatic heterocycles. The molecule has 1 unspecified atom stereocenters. The number of carbonyl (C=O) groups is 3. The summed E-state index contributed by atoms with van der Waals surface area (Å²) < 4.78 is 5.37. The fourth-order valence-electron chi connectivity index (χ4n) is 6.10. The number of para-hydroxylation sites is 1. The minimum Gasteiger partial charge on any atom is -0.507 e. The minimum absolute atomic E-state index is 0.0300. The van der Waals surface area contributed by atoms with E-state index in [4.69, 9.17) is 4.74 Å². The van der Waals surface area contributed by atoms with Gasteiger partial charge in [-0.1, -0.05) is 26.0 Å². The van der Waals surface area contributed by atoms with Gasteiger partial charge in [-0.15, -0.1) is 0 Å². The maximum Gasteiger partial charge on any atom is 0.340 e. The van der Waals surface area contributed by atoms with Crippen molar-refractivity contribution in [3.63, 3.8) is 0 Å². The van der Waals surface area contributed by atoms with Crippen LogP contribution in [0, 0.1) is 0 Å². The first-order valence-corrected chi connectivity index (χ1v) is 12.4. The van der Waals surface area contributed by atoms with Gasteiger partial charge in [-0.2, -0.15) is 0 Å². The first kappa shape index (κ1) is 25.1. The Labute approximate surface area is 218 Å². The molecule has 2 aliphatic heterocycles. The summed E-state index contributed by atoms with van der Waals surface area (Å²) in [5, 5.41) is 32.7. The number of phenolic OH excluding ortho intramolecular Hbond substituents is 1. The van der Waals surface area contributed by atoms with Crippen molar-refractivity contribution in [3.05, 3.63) is 81.7 Å². The summed E-state index contributed by atoms with van der Waals surface area (Å²) in [7, 11) is 1.54. The lowest BCUT2D eigenvalue weighted by Gasteiger charge is -2.50. The Morgan fingerprint density at radius 2 is 1.82 bits per heavy atom. The number of aromatic hydroxyl groups is 1.